The van der Waals surface area contributed by atoms with E-state index in [9.17, 15) is 0 Å². The SMILES string of the molecule is CC1=CC(O[SiH](C)C)=[C]C1. The van der Waals surface area contributed by atoms with E-state index in [0.29, 0.717) is 0 Å². The second-order valence-corrected chi connectivity index (χ2v) is 5.21. The molecule has 0 aromatic rings. The smallest absolute Gasteiger partial charge is 0.229 e. The fourth-order valence-electron chi connectivity index (χ4n) is 0.882. The molecule has 1 radical (unpaired) electrons. The van der Waals surface area contributed by atoms with Crippen LogP contribution in [-0.2, 0) is 4.43 Å². The highest BCUT2D eigenvalue weighted by molar-refractivity contribution is 6.48. The molecule has 1 aliphatic carbocycles. The molecule has 1 aliphatic rings. The summed E-state index contributed by atoms with van der Waals surface area (Å²) in [5.41, 5.74) is 1.35. The van der Waals surface area contributed by atoms with E-state index in [2.05, 4.69) is 32.2 Å². The van der Waals surface area contributed by atoms with Crippen molar-refractivity contribution in [3.8, 4) is 0 Å². The molecule has 0 unspecified atom stereocenters. The van der Waals surface area contributed by atoms with Crippen molar-refractivity contribution in [2.45, 2.75) is 26.4 Å². The molecule has 0 saturated carbocycles. The summed E-state index contributed by atoms with van der Waals surface area (Å²) in [5.74, 6) is 0.971. The Morgan fingerprint density at radius 2 is 2.30 bits per heavy atom. The minimum atomic E-state index is -0.895. The molecule has 0 spiro atoms. The maximum atomic E-state index is 5.55. The third-order valence-corrected chi connectivity index (χ3v) is 2.01. The lowest BCUT2D eigenvalue weighted by atomic mass is 10.3. The van der Waals surface area contributed by atoms with Crippen LogP contribution in [0, 0.1) is 6.08 Å². The molecule has 1 nitrogen and oxygen atoms in total. The molecular weight excluding hydrogens is 140 g/mol. The largest absolute Gasteiger partial charge is 0.547 e. The van der Waals surface area contributed by atoms with Gasteiger partial charge in [0, 0.05) is 6.08 Å². The lowest BCUT2D eigenvalue weighted by molar-refractivity contribution is 0.459. The Labute approximate surface area is 64.1 Å². The lowest BCUT2D eigenvalue weighted by Gasteiger charge is -2.06. The van der Waals surface area contributed by atoms with E-state index in [-0.39, 0.29) is 0 Å². The van der Waals surface area contributed by atoms with E-state index < -0.39 is 9.04 Å². The molecule has 0 N–H and O–H groups in total. The molecule has 0 heterocycles. The predicted octanol–water partition coefficient (Wildman–Crippen LogP) is 2.02. The van der Waals surface area contributed by atoms with Crippen molar-refractivity contribution in [1.82, 2.24) is 0 Å². The predicted molar refractivity (Wildman–Crippen MR) is 45.1 cm³/mol. The first-order valence-corrected chi connectivity index (χ1v) is 6.41. The van der Waals surface area contributed by atoms with Gasteiger partial charge in [0.1, 0.15) is 5.76 Å². The quantitative estimate of drug-likeness (QED) is 0.551. The summed E-state index contributed by atoms with van der Waals surface area (Å²) in [6.07, 6.45) is 6.21. The summed E-state index contributed by atoms with van der Waals surface area (Å²) < 4.78 is 5.55. The first-order valence-electron chi connectivity index (χ1n) is 3.63. The third kappa shape index (κ3) is 2.03. The molecule has 2 heteroatoms. The van der Waals surface area contributed by atoms with E-state index in [4.69, 9.17) is 4.43 Å². The average molecular weight is 153 g/mol. The first-order chi connectivity index (χ1) is 4.68. The lowest BCUT2D eigenvalue weighted by Crippen LogP contribution is -2.05. The minimum absolute atomic E-state index is 0.895. The molecule has 0 aromatic carbocycles. The summed E-state index contributed by atoms with van der Waals surface area (Å²) in [6, 6.07) is 0. The highest BCUT2D eigenvalue weighted by Gasteiger charge is 2.05. The van der Waals surface area contributed by atoms with Crippen molar-refractivity contribution >= 4 is 9.04 Å². The first kappa shape index (κ1) is 7.60. The van der Waals surface area contributed by atoms with E-state index >= 15 is 0 Å². The number of hydrogen-bond donors (Lipinski definition) is 0. The van der Waals surface area contributed by atoms with Crippen molar-refractivity contribution in [2.24, 2.45) is 0 Å². The van der Waals surface area contributed by atoms with Crippen LogP contribution in [0.15, 0.2) is 17.4 Å². The summed E-state index contributed by atoms with van der Waals surface area (Å²) in [5, 5.41) is 0. The molecule has 0 amide bonds. The molecule has 0 atom stereocenters. The summed E-state index contributed by atoms with van der Waals surface area (Å²) in [4.78, 5) is 0. The van der Waals surface area contributed by atoms with Gasteiger partial charge in [0.05, 0.1) is 0 Å². The number of allylic oxidation sites excluding steroid dienone is 3. The number of rotatable bonds is 2. The maximum Gasteiger partial charge on any atom is 0.229 e. The zero-order valence-corrected chi connectivity index (χ0v) is 7.92. The van der Waals surface area contributed by atoms with E-state index in [1.165, 1.54) is 5.57 Å². The van der Waals surface area contributed by atoms with Crippen LogP contribution in [0.4, 0.5) is 0 Å². The van der Waals surface area contributed by atoms with Crippen LogP contribution in [0.1, 0.15) is 13.3 Å². The zero-order chi connectivity index (χ0) is 7.56. The van der Waals surface area contributed by atoms with Gasteiger partial charge in [0.15, 0.2) is 0 Å². The Morgan fingerprint density at radius 1 is 1.60 bits per heavy atom. The molecule has 0 saturated heterocycles. The van der Waals surface area contributed by atoms with Gasteiger partial charge in [-0.1, -0.05) is 5.57 Å². The Bertz CT molecular complexity index is 180. The van der Waals surface area contributed by atoms with Gasteiger partial charge in [0.2, 0.25) is 9.04 Å². The second-order valence-electron chi connectivity index (χ2n) is 2.88. The number of hydrogen-bond acceptors (Lipinski definition) is 1. The van der Waals surface area contributed by atoms with Crippen molar-refractivity contribution in [2.75, 3.05) is 0 Å². The molecule has 1 rings (SSSR count). The van der Waals surface area contributed by atoms with E-state index in [0.717, 1.165) is 12.2 Å². The van der Waals surface area contributed by atoms with Crippen LogP contribution >= 0.6 is 0 Å². The minimum Gasteiger partial charge on any atom is -0.547 e. The standard InChI is InChI=1S/C8H13OSi/c1-7-4-5-8(6-7)9-10(2)3/h6,10H,4H2,1-3H3. The van der Waals surface area contributed by atoms with Crippen LogP contribution in [0.3, 0.4) is 0 Å². The van der Waals surface area contributed by atoms with Crippen LogP contribution < -0.4 is 0 Å². The van der Waals surface area contributed by atoms with E-state index in [1.54, 1.807) is 0 Å². The molecule has 10 heavy (non-hydrogen) atoms. The van der Waals surface area contributed by atoms with Gasteiger partial charge < -0.3 is 4.43 Å². The Hall–Kier alpha value is -0.503. The Balaban J connectivity index is 2.44. The highest BCUT2D eigenvalue weighted by Crippen LogP contribution is 2.16. The Morgan fingerprint density at radius 3 is 2.70 bits per heavy atom. The molecule has 0 bridgehead atoms. The van der Waals surface area contributed by atoms with Crippen molar-refractivity contribution in [1.29, 1.82) is 0 Å². The highest BCUT2D eigenvalue weighted by atomic mass is 28.3. The van der Waals surface area contributed by atoms with Crippen LogP contribution in [0.25, 0.3) is 0 Å². The third-order valence-electron chi connectivity index (χ3n) is 1.28. The van der Waals surface area contributed by atoms with Gasteiger partial charge in [-0.3, -0.25) is 0 Å². The maximum absolute atomic E-state index is 5.55. The Kier molecular flexibility index (Phi) is 2.32. The normalized spacial score (nSPS) is 17.2. The molecule has 0 aromatic heterocycles. The van der Waals surface area contributed by atoms with Gasteiger partial charge in [-0.15, -0.1) is 0 Å². The second kappa shape index (κ2) is 3.06. The fraction of sp³-hybridized carbons (Fsp3) is 0.500. The average Bonchev–Trinajstić information content (AvgIpc) is 2.13. The van der Waals surface area contributed by atoms with Crippen molar-refractivity contribution in [3.63, 3.8) is 0 Å². The van der Waals surface area contributed by atoms with Gasteiger partial charge in [-0.2, -0.15) is 0 Å². The van der Waals surface area contributed by atoms with Crippen LogP contribution in [0.2, 0.25) is 13.1 Å². The summed E-state index contributed by atoms with van der Waals surface area (Å²) in [6.45, 7) is 6.43. The molecule has 0 fully saturated rings. The van der Waals surface area contributed by atoms with Gasteiger partial charge in [-0.05, 0) is 32.5 Å². The van der Waals surface area contributed by atoms with Crippen LogP contribution in [-0.4, -0.2) is 9.04 Å². The zero-order valence-electron chi connectivity index (χ0n) is 6.77. The summed E-state index contributed by atoms with van der Waals surface area (Å²) >= 11 is 0. The van der Waals surface area contributed by atoms with Gasteiger partial charge in [0.25, 0.3) is 0 Å². The monoisotopic (exact) mass is 153 g/mol. The van der Waals surface area contributed by atoms with Gasteiger partial charge >= 0.3 is 0 Å². The summed E-state index contributed by atoms with van der Waals surface area (Å²) in [7, 11) is -0.895. The van der Waals surface area contributed by atoms with Gasteiger partial charge in [-0.25, -0.2) is 0 Å². The van der Waals surface area contributed by atoms with Crippen LogP contribution in [0.5, 0.6) is 0 Å². The molecule has 55 valence electrons. The molecular formula is C8H13OSi. The fourth-order valence-corrected chi connectivity index (χ4v) is 1.54. The van der Waals surface area contributed by atoms with Crippen molar-refractivity contribution in [3.05, 3.63) is 23.5 Å². The van der Waals surface area contributed by atoms with Crippen molar-refractivity contribution < 1.29 is 4.43 Å². The topological polar surface area (TPSA) is 9.23 Å². The molecule has 0 aliphatic heterocycles. The van der Waals surface area contributed by atoms with E-state index in [1.807, 2.05) is 0 Å².